The van der Waals surface area contributed by atoms with Gasteiger partial charge in [0.25, 0.3) is 0 Å². The molecule has 1 fully saturated rings. The molecule has 1 N–H and O–H groups in total. The number of rotatable bonds is 2. The van der Waals surface area contributed by atoms with Crippen molar-refractivity contribution in [2.45, 2.75) is 44.9 Å². The van der Waals surface area contributed by atoms with Gasteiger partial charge in [0.05, 0.1) is 7.59 Å². The largest absolute Gasteiger partial charge is 0.401 e. The summed E-state index contributed by atoms with van der Waals surface area (Å²) in [7, 11) is -2.56. The molecule has 1 aliphatic rings. The van der Waals surface area contributed by atoms with E-state index >= 15 is 0 Å². The van der Waals surface area contributed by atoms with Crippen molar-refractivity contribution in [2.24, 2.45) is 0 Å². The summed E-state index contributed by atoms with van der Waals surface area (Å²) in [6.07, 6.45) is 1.38. The van der Waals surface area contributed by atoms with E-state index in [0.29, 0.717) is 0 Å². The molecule has 0 radical (unpaired) electrons. The van der Waals surface area contributed by atoms with E-state index in [1.54, 1.807) is 0 Å². The van der Waals surface area contributed by atoms with Crippen molar-refractivity contribution in [3.63, 3.8) is 0 Å². The fourth-order valence-corrected chi connectivity index (χ4v) is 8.61. The summed E-state index contributed by atoms with van der Waals surface area (Å²) >= 11 is 0. The van der Waals surface area contributed by atoms with E-state index in [1.807, 2.05) is 6.07 Å². The highest BCUT2D eigenvalue weighted by Gasteiger charge is 2.47. The van der Waals surface area contributed by atoms with E-state index in [-0.39, 0.29) is 6.23 Å². The fourth-order valence-electron chi connectivity index (χ4n) is 2.19. The zero-order valence-electron chi connectivity index (χ0n) is 11.3. The SMILES string of the molecule is C[Si]1(C)CCC(Nc2ccccc2)O[Si]1(C)C. The summed E-state index contributed by atoms with van der Waals surface area (Å²) in [5.41, 5.74) is 1.17. The first-order chi connectivity index (χ1) is 7.91. The Morgan fingerprint density at radius 2 is 1.76 bits per heavy atom. The minimum Gasteiger partial charge on any atom is -0.401 e. The maximum atomic E-state index is 6.38. The smallest absolute Gasteiger partial charge is 0.176 e. The van der Waals surface area contributed by atoms with Crippen molar-refractivity contribution in [3.8, 4) is 0 Å². The summed E-state index contributed by atoms with van der Waals surface area (Å²) in [5, 5.41) is 3.51. The lowest BCUT2D eigenvalue weighted by Gasteiger charge is -2.45. The summed E-state index contributed by atoms with van der Waals surface area (Å²) in [4.78, 5) is 0. The molecule has 2 rings (SSSR count). The van der Waals surface area contributed by atoms with Crippen LogP contribution in [0.1, 0.15) is 6.42 Å². The first kappa shape index (κ1) is 12.9. The Kier molecular flexibility index (Phi) is 3.47. The monoisotopic (exact) mass is 265 g/mol. The van der Waals surface area contributed by atoms with Gasteiger partial charge in [0.15, 0.2) is 7.83 Å². The highest BCUT2D eigenvalue weighted by atomic mass is 29.3. The van der Waals surface area contributed by atoms with Crippen LogP contribution in [-0.4, -0.2) is 21.7 Å². The second-order valence-electron chi connectivity index (χ2n) is 6.05. The Bertz CT molecular complexity index is 378. The first-order valence-corrected chi connectivity index (χ1v) is 13.5. The standard InChI is InChI=1S/C13H23NOSi2/c1-16(2)11-10-13(15-17(16,3)4)14-12-8-6-5-7-9-12/h5-9,13-14H,10-11H2,1-4H3. The molecule has 1 aromatic rings. The van der Waals surface area contributed by atoms with Crippen molar-refractivity contribution < 1.29 is 4.43 Å². The summed E-state index contributed by atoms with van der Waals surface area (Å²) in [6.45, 7) is 9.74. The van der Waals surface area contributed by atoms with Crippen molar-refractivity contribution in [1.29, 1.82) is 0 Å². The van der Waals surface area contributed by atoms with Gasteiger partial charge in [-0.15, -0.1) is 0 Å². The number of nitrogens with one attached hydrogen (secondary N) is 1. The molecule has 94 valence electrons. The quantitative estimate of drug-likeness (QED) is 0.821. The lowest BCUT2D eigenvalue weighted by Crippen LogP contribution is -2.62. The molecular weight excluding hydrogens is 242 g/mol. The van der Waals surface area contributed by atoms with Gasteiger partial charge in [-0.25, -0.2) is 0 Å². The number of hydrogen-bond acceptors (Lipinski definition) is 2. The van der Waals surface area contributed by atoms with Crippen molar-refractivity contribution >= 4 is 21.1 Å². The van der Waals surface area contributed by atoms with Crippen LogP contribution >= 0.6 is 0 Å². The lowest BCUT2D eigenvalue weighted by molar-refractivity contribution is 0.214. The summed E-state index contributed by atoms with van der Waals surface area (Å²) in [5.74, 6) is 0. The van der Waals surface area contributed by atoms with Crippen LogP contribution in [0.2, 0.25) is 32.2 Å². The van der Waals surface area contributed by atoms with Gasteiger partial charge in [0, 0.05) is 5.69 Å². The predicted octanol–water partition coefficient (Wildman–Crippen LogP) is 3.84. The summed E-state index contributed by atoms with van der Waals surface area (Å²) in [6, 6.07) is 11.8. The van der Waals surface area contributed by atoms with E-state index in [4.69, 9.17) is 4.43 Å². The van der Waals surface area contributed by atoms with Gasteiger partial charge in [-0.2, -0.15) is 0 Å². The van der Waals surface area contributed by atoms with Crippen LogP contribution in [0.25, 0.3) is 0 Å². The second-order valence-corrected chi connectivity index (χ2v) is 21.2. The summed E-state index contributed by atoms with van der Waals surface area (Å²) < 4.78 is 6.38. The molecule has 4 heteroatoms. The second kappa shape index (κ2) is 4.59. The molecule has 0 spiro atoms. The third-order valence-corrected chi connectivity index (χ3v) is 20.8. The minimum atomic E-state index is -1.46. The molecular formula is C13H23NOSi2. The van der Waals surface area contributed by atoms with Crippen molar-refractivity contribution in [1.82, 2.24) is 0 Å². The Hall–Kier alpha value is -0.586. The highest BCUT2D eigenvalue weighted by molar-refractivity contribution is 7.38. The van der Waals surface area contributed by atoms with Crippen LogP contribution in [0.15, 0.2) is 30.3 Å². The first-order valence-electron chi connectivity index (χ1n) is 6.40. The highest BCUT2D eigenvalue weighted by Crippen LogP contribution is 2.33. The molecule has 1 atom stereocenters. The number of anilines is 1. The number of para-hydroxylation sites is 1. The molecule has 1 unspecified atom stereocenters. The molecule has 1 heterocycles. The third kappa shape index (κ3) is 2.81. The van der Waals surface area contributed by atoms with Gasteiger partial charge in [0.2, 0.25) is 0 Å². The van der Waals surface area contributed by atoms with Crippen LogP contribution in [0.5, 0.6) is 0 Å². The Morgan fingerprint density at radius 1 is 1.12 bits per heavy atom. The van der Waals surface area contributed by atoms with E-state index in [2.05, 4.69) is 55.8 Å². The van der Waals surface area contributed by atoms with Gasteiger partial charge >= 0.3 is 0 Å². The Morgan fingerprint density at radius 3 is 2.35 bits per heavy atom. The van der Waals surface area contributed by atoms with Gasteiger partial charge in [0.1, 0.15) is 6.23 Å². The third-order valence-electron chi connectivity index (χ3n) is 4.20. The Labute approximate surface area is 106 Å². The predicted molar refractivity (Wildman–Crippen MR) is 79.3 cm³/mol. The van der Waals surface area contributed by atoms with Crippen molar-refractivity contribution in [3.05, 3.63) is 30.3 Å². The zero-order chi connectivity index (χ0) is 12.5. The van der Waals surface area contributed by atoms with Gasteiger partial charge in [-0.3, -0.25) is 0 Å². The zero-order valence-corrected chi connectivity index (χ0v) is 13.3. The minimum absolute atomic E-state index is 0.222. The van der Waals surface area contributed by atoms with E-state index in [9.17, 15) is 0 Å². The maximum absolute atomic E-state index is 6.38. The number of hydrogen-bond donors (Lipinski definition) is 1. The van der Waals surface area contributed by atoms with E-state index in [1.165, 1.54) is 11.7 Å². The molecule has 0 saturated carbocycles. The van der Waals surface area contributed by atoms with Gasteiger partial charge in [-0.1, -0.05) is 37.3 Å². The molecule has 0 bridgehead atoms. The fraction of sp³-hybridized carbons (Fsp3) is 0.538. The molecule has 0 aromatic heterocycles. The maximum Gasteiger partial charge on any atom is 0.176 e. The number of benzene rings is 1. The van der Waals surface area contributed by atoms with Crippen LogP contribution < -0.4 is 5.32 Å². The van der Waals surface area contributed by atoms with E-state index < -0.39 is 15.4 Å². The van der Waals surface area contributed by atoms with Crippen molar-refractivity contribution in [2.75, 3.05) is 5.32 Å². The topological polar surface area (TPSA) is 21.3 Å². The van der Waals surface area contributed by atoms with Crippen LogP contribution in [-0.2, 0) is 4.43 Å². The van der Waals surface area contributed by atoms with E-state index in [0.717, 1.165) is 6.42 Å². The Balaban J connectivity index is 2.02. The lowest BCUT2D eigenvalue weighted by atomic mass is 10.3. The molecule has 1 aromatic carbocycles. The van der Waals surface area contributed by atoms with Gasteiger partial charge in [-0.05, 0) is 31.6 Å². The molecule has 17 heavy (non-hydrogen) atoms. The molecule has 1 aliphatic heterocycles. The average molecular weight is 266 g/mol. The van der Waals surface area contributed by atoms with Crippen LogP contribution in [0.4, 0.5) is 5.69 Å². The molecule has 0 aliphatic carbocycles. The molecule has 2 nitrogen and oxygen atoms in total. The van der Waals surface area contributed by atoms with Gasteiger partial charge < -0.3 is 9.74 Å². The molecule has 1 saturated heterocycles. The van der Waals surface area contributed by atoms with Crippen LogP contribution in [0.3, 0.4) is 0 Å². The average Bonchev–Trinajstić information content (AvgIpc) is 2.25. The molecule has 0 amide bonds. The normalized spacial score (nSPS) is 26.5. The van der Waals surface area contributed by atoms with Crippen LogP contribution in [0, 0.1) is 0 Å².